The molecule has 1 aromatic heterocycles. The van der Waals surface area contributed by atoms with Crippen LogP contribution in [-0.4, -0.2) is 41.2 Å². The normalized spacial score (nSPS) is 24.7. The number of carbonyl (C=O) groups excluding carboxylic acids is 4. The number of ketones is 2. The van der Waals surface area contributed by atoms with Gasteiger partial charge in [-0.1, -0.05) is 6.42 Å². The van der Waals surface area contributed by atoms with Gasteiger partial charge in [0.1, 0.15) is 5.78 Å². The van der Waals surface area contributed by atoms with E-state index in [1.165, 1.54) is 6.92 Å². The van der Waals surface area contributed by atoms with Gasteiger partial charge in [-0.15, -0.1) is 0 Å². The largest absolute Gasteiger partial charge is 0.462 e. The molecule has 0 saturated heterocycles. The van der Waals surface area contributed by atoms with Gasteiger partial charge in [-0.2, -0.15) is 0 Å². The van der Waals surface area contributed by atoms with Gasteiger partial charge >= 0.3 is 11.9 Å². The van der Waals surface area contributed by atoms with Crippen LogP contribution in [0.3, 0.4) is 0 Å². The van der Waals surface area contributed by atoms with Crippen molar-refractivity contribution in [1.29, 1.82) is 0 Å². The molecule has 3 rings (SSSR count). The van der Waals surface area contributed by atoms with E-state index in [0.717, 1.165) is 19.3 Å². The van der Waals surface area contributed by atoms with Crippen LogP contribution in [0, 0.1) is 31.6 Å². The van der Waals surface area contributed by atoms with Crippen LogP contribution in [0.4, 0.5) is 0 Å². The van der Waals surface area contributed by atoms with E-state index >= 15 is 0 Å². The number of fused-ring (bicyclic) bond motifs is 2. The molecule has 1 unspecified atom stereocenters. The minimum Gasteiger partial charge on any atom is -0.462 e. The van der Waals surface area contributed by atoms with Gasteiger partial charge in [-0.05, 0) is 58.9 Å². The zero-order valence-electron chi connectivity index (χ0n) is 17.5. The standard InChI is InChI=1S/C22H29NO6/c1-5-28-22(27)17-11(2)18(23-12(17)3)19(24)13(4)29-21(26)16-9-14-7-6-8-15(10-16)20(14)25/h13-16,23H,5-10H2,1-4H3/t13-,14-,15+,16?/m0/s1. The van der Waals surface area contributed by atoms with Crippen molar-refractivity contribution in [3.05, 3.63) is 22.5 Å². The van der Waals surface area contributed by atoms with E-state index in [2.05, 4.69) is 4.98 Å². The summed E-state index contributed by atoms with van der Waals surface area (Å²) < 4.78 is 10.5. The SMILES string of the molecule is CCOC(=O)c1c(C)[nH]c(C(=O)[C@H](C)OC(=O)C2C[C@H]3CCC[C@@H](C2)C3=O)c1C. The molecule has 7 nitrogen and oxygen atoms in total. The lowest BCUT2D eigenvalue weighted by Gasteiger charge is -2.36. The van der Waals surface area contributed by atoms with E-state index in [-0.39, 0.29) is 41.6 Å². The Labute approximate surface area is 170 Å². The fourth-order valence-electron chi connectivity index (χ4n) is 4.71. The molecule has 2 aliphatic rings. The van der Waals surface area contributed by atoms with Gasteiger partial charge in [0, 0.05) is 17.5 Å². The zero-order valence-corrected chi connectivity index (χ0v) is 17.5. The van der Waals surface area contributed by atoms with Gasteiger partial charge in [-0.3, -0.25) is 14.4 Å². The highest BCUT2D eigenvalue weighted by atomic mass is 16.5. The van der Waals surface area contributed by atoms with Crippen molar-refractivity contribution in [2.24, 2.45) is 17.8 Å². The molecule has 1 heterocycles. The van der Waals surface area contributed by atoms with Crippen molar-refractivity contribution < 1.29 is 28.7 Å². The smallest absolute Gasteiger partial charge is 0.340 e. The summed E-state index contributed by atoms with van der Waals surface area (Å²) in [7, 11) is 0. The monoisotopic (exact) mass is 403 g/mol. The highest BCUT2D eigenvalue weighted by Gasteiger charge is 2.42. The second kappa shape index (κ2) is 8.51. The first-order valence-corrected chi connectivity index (χ1v) is 10.4. The average molecular weight is 403 g/mol. The maximum absolute atomic E-state index is 12.9. The molecule has 0 aromatic carbocycles. The number of hydrogen-bond acceptors (Lipinski definition) is 6. The molecule has 0 amide bonds. The highest BCUT2D eigenvalue weighted by Crippen LogP contribution is 2.40. The van der Waals surface area contributed by atoms with E-state index in [1.54, 1.807) is 20.8 Å². The first kappa shape index (κ1) is 21.3. The zero-order chi connectivity index (χ0) is 21.3. The maximum atomic E-state index is 12.9. The predicted octanol–water partition coefficient (Wildman–Crippen LogP) is 3.32. The first-order valence-electron chi connectivity index (χ1n) is 10.4. The first-order chi connectivity index (χ1) is 13.7. The van der Waals surface area contributed by atoms with Crippen LogP contribution in [-0.2, 0) is 19.1 Å². The van der Waals surface area contributed by atoms with Gasteiger partial charge in [0.15, 0.2) is 6.10 Å². The molecule has 0 radical (unpaired) electrons. The lowest BCUT2D eigenvalue weighted by atomic mass is 9.67. The van der Waals surface area contributed by atoms with Crippen LogP contribution in [0.1, 0.15) is 78.1 Å². The van der Waals surface area contributed by atoms with E-state index in [9.17, 15) is 19.2 Å². The predicted molar refractivity (Wildman–Crippen MR) is 105 cm³/mol. The fraction of sp³-hybridized carbons (Fsp3) is 0.636. The van der Waals surface area contributed by atoms with Crippen LogP contribution in [0.25, 0.3) is 0 Å². The van der Waals surface area contributed by atoms with Crippen molar-refractivity contribution in [2.75, 3.05) is 6.61 Å². The summed E-state index contributed by atoms with van der Waals surface area (Å²) in [5.41, 5.74) is 1.63. The molecule has 4 atom stereocenters. The number of aromatic nitrogens is 1. The number of carbonyl (C=O) groups is 4. The van der Waals surface area contributed by atoms with Gasteiger partial charge < -0.3 is 14.5 Å². The van der Waals surface area contributed by atoms with Crippen molar-refractivity contribution in [2.45, 2.75) is 65.9 Å². The van der Waals surface area contributed by atoms with Crippen LogP contribution in [0.5, 0.6) is 0 Å². The van der Waals surface area contributed by atoms with Crippen LogP contribution in [0.15, 0.2) is 0 Å². The molecule has 1 N–H and O–H groups in total. The lowest BCUT2D eigenvalue weighted by molar-refractivity contribution is -0.155. The molecule has 0 aliphatic heterocycles. The molecule has 2 aliphatic carbocycles. The van der Waals surface area contributed by atoms with Gasteiger partial charge in [0.2, 0.25) is 5.78 Å². The van der Waals surface area contributed by atoms with E-state index in [1.807, 2.05) is 0 Å². The highest BCUT2D eigenvalue weighted by molar-refractivity contribution is 6.04. The van der Waals surface area contributed by atoms with Crippen molar-refractivity contribution in [3.8, 4) is 0 Å². The van der Waals surface area contributed by atoms with Crippen molar-refractivity contribution in [3.63, 3.8) is 0 Å². The number of hydrogen-bond donors (Lipinski definition) is 1. The summed E-state index contributed by atoms with van der Waals surface area (Å²) >= 11 is 0. The third-order valence-electron chi connectivity index (χ3n) is 6.21. The number of Topliss-reactive ketones (excluding diaryl/α,β-unsaturated/α-hetero) is 2. The quantitative estimate of drug-likeness (QED) is 0.577. The summed E-state index contributed by atoms with van der Waals surface area (Å²) in [4.78, 5) is 52.8. The summed E-state index contributed by atoms with van der Waals surface area (Å²) in [5, 5.41) is 0. The number of esters is 2. The van der Waals surface area contributed by atoms with E-state index in [4.69, 9.17) is 9.47 Å². The number of ether oxygens (including phenoxy) is 2. The van der Waals surface area contributed by atoms with E-state index in [0.29, 0.717) is 29.7 Å². The lowest BCUT2D eigenvalue weighted by Crippen LogP contribution is -2.40. The van der Waals surface area contributed by atoms with Crippen molar-refractivity contribution >= 4 is 23.5 Å². The Balaban J connectivity index is 1.68. The molecule has 1 aromatic rings. The number of aryl methyl sites for hydroxylation is 1. The molecule has 29 heavy (non-hydrogen) atoms. The van der Waals surface area contributed by atoms with Crippen LogP contribution < -0.4 is 0 Å². The second-order valence-corrected chi connectivity index (χ2v) is 8.18. The van der Waals surface area contributed by atoms with Crippen LogP contribution in [0.2, 0.25) is 0 Å². The van der Waals surface area contributed by atoms with Crippen LogP contribution >= 0.6 is 0 Å². The Morgan fingerprint density at radius 2 is 1.76 bits per heavy atom. The molecule has 0 spiro atoms. The molecule has 2 saturated carbocycles. The van der Waals surface area contributed by atoms with Crippen molar-refractivity contribution in [1.82, 2.24) is 4.98 Å². The molecular formula is C22H29NO6. The summed E-state index contributed by atoms with van der Waals surface area (Å²) in [5.74, 6) is -1.43. The number of nitrogens with one attached hydrogen (secondary N) is 1. The Morgan fingerprint density at radius 3 is 2.34 bits per heavy atom. The maximum Gasteiger partial charge on any atom is 0.340 e. The Bertz CT molecular complexity index is 823. The summed E-state index contributed by atoms with van der Waals surface area (Å²) in [6, 6.07) is 0. The molecule has 2 fully saturated rings. The topological polar surface area (TPSA) is 103 Å². The molecule has 2 bridgehead atoms. The fourth-order valence-corrected chi connectivity index (χ4v) is 4.71. The van der Waals surface area contributed by atoms with Gasteiger partial charge in [-0.25, -0.2) is 4.79 Å². The third kappa shape index (κ3) is 4.14. The third-order valence-corrected chi connectivity index (χ3v) is 6.21. The molecule has 158 valence electrons. The van der Waals surface area contributed by atoms with Gasteiger partial charge in [0.05, 0.1) is 23.8 Å². The average Bonchev–Trinajstić information content (AvgIpc) is 2.95. The Kier molecular flexibility index (Phi) is 6.24. The Hall–Kier alpha value is -2.44. The second-order valence-electron chi connectivity index (χ2n) is 8.18. The van der Waals surface area contributed by atoms with E-state index < -0.39 is 18.0 Å². The number of rotatable bonds is 6. The molecule has 7 heteroatoms. The number of aromatic amines is 1. The molecular weight excluding hydrogens is 374 g/mol. The summed E-state index contributed by atoms with van der Waals surface area (Å²) in [6.45, 7) is 6.87. The summed E-state index contributed by atoms with van der Waals surface area (Å²) in [6.07, 6.45) is 2.76. The number of H-pyrrole nitrogens is 1. The Morgan fingerprint density at radius 1 is 1.14 bits per heavy atom. The van der Waals surface area contributed by atoms with Gasteiger partial charge in [0.25, 0.3) is 0 Å². The minimum atomic E-state index is -0.980. The minimum absolute atomic E-state index is 0.0495.